The summed E-state index contributed by atoms with van der Waals surface area (Å²) in [5.74, 6) is -0.893. The molecule has 1 atom stereocenters. The summed E-state index contributed by atoms with van der Waals surface area (Å²) in [4.78, 5) is 21.8. The second kappa shape index (κ2) is 4.66. The number of ketones is 1. The third-order valence-corrected chi connectivity index (χ3v) is 5.01. The topological polar surface area (TPSA) is 94.3 Å². The van der Waals surface area contributed by atoms with Crippen LogP contribution in [0.15, 0.2) is 24.3 Å². The summed E-state index contributed by atoms with van der Waals surface area (Å²) in [6.07, 6.45) is 0.829. The minimum absolute atomic E-state index is 0.118. The highest BCUT2D eigenvalue weighted by atomic mass is 35.5. The minimum atomic E-state index is -3.84. The van der Waals surface area contributed by atoms with E-state index in [2.05, 4.69) is 0 Å². The first-order valence-corrected chi connectivity index (χ1v) is 7.02. The number of carbonyl (C=O) groups is 1. The SMILES string of the molecule is C[C@@](Cl)(C(=O)c1cccc([N+](=O)[O-])c1)S(C)(=O)=O. The molecule has 0 aliphatic heterocycles. The number of nitro benzene ring substituents is 1. The average Bonchev–Trinajstić information content (AvgIpc) is 2.26. The number of carbonyl (C=O) groups excluding carboxylic acids is 1. The van der Waals surface area contributed by atoms with Crippen LogP contribution in [0, 0.1) is 10.1 Å². The zero-order valence-corrected chi connectivity index (χ0v) is 11.2. The molecule has 0 N–H and O–H groups in total. The minimum Gasteiger partial charge on any atom is -0.291 e. The second-order valence-corrected chi connectivity index (χ2v) is 7.17. The van der Waals surface area contributed by atoms with Crippen molar-refractivity contribution in [2.75, 3.05) is 6.26 Å². The quantitative estimate of drug-likeness (QED) is 0.365. The van der Waals surface area contributed by atoms with Gasteiger partial charge in [0.2, 0.25) is 4.21 Å². The van der Waals surface area contributed by atoms with Crippen molar-refractivity contribution in [3.8, 4) is 0 Å². The van der Waals surface area contributed by atoms with E-state index in [0.717, 1.165) is 19.2 Å². The lowest BCUT2D eigenvalue weighted by molar-refractivity contribution is -0.384. The smallest absolute Gasteiger partial charge is 0.270 e. The lowest BCUT2D eigenvalue weighted by Crippen LogP contribution is -2.37. The van der Waals surface area contributed by atoms with Crippen molar-refractivity contribution in [3.63, 3.8) is 0 Å². The standard InChI is InChI=1S/C10H10ClNO5S/c1-10(11,18(2,16)17)9(13)7-4-3-5-8(6-7)12(14)15/h3-6H,1-2H3/t10-/m0/s1. The van der Waals surface area contributed by atoms with E-state index in [1.165, 1.54) is 18.2 Å². The van der Waals surface area contributed by atoms with E-state index in [0.29, 0.717) is 0 Å². The van der Waals surface area contributed by atoms with Crippen LogP contribution >= 0.6 is 11.6 Å². The molecule has 0 aromatic heterocycles. The third-order valence-electron chi connectivity index (χ3n) is 2.42. The number of hydrogen-bond acceptors (Lipinski definition) is 5. The van der Waals surface area contributed by atoms with Crippen molar-refractivity contribution in [1.29, 1.82) is 0 Å². The van der Waals surface area contributed by atoms with Gasteiger partial charge >= 0.3 is 0 Å². The molecule has 0 spiro atoms. The molecule has 18 heavy (non-hydrogen) atoms. The van der Waals surface area contributed by atoms with E-state index < -0.39 is 24.8 Å². The number of nitro groups is 1. The Kier molecular flexibility index (Phi) is 3.78. The molecule has 0 amide bonds. The van der Waals surface area contributed by atoms with Gasteiger partial charge in [-0.25, -0.2) is 8.42 Å². The fraction of sp³-hybridized carbons (Fsp3) is 0.300. The number of benzene rings is 1. The Morgan fingerprint density at radius 3 is 2.44 bits per heavy atom. The molecular weight excluding hydrogens is 282 g/mol. The van der Waals surface area contributed by atoms with Crippen LogP contribution in [0.4, 0.5) is 5.69 Å². The molecule has 0 aliphatic carbocycles. The molecule has 0 saturated carbocycles. The molecule has 1 aromatic carbocycles. The Labute approximate surface area is 109 Å². The highest BCUT2D eigenvalue weighted by Crippen LogP contribution is 2.27. The molecule has 0 radical (unpaired) electrons. The van der Waals surface area contributed by atoms with Crippen molar-refractivity contribution in [3.05, 3.63) is 39.9 Å². The molecule has 0 fully saturated rings. The lowest BCUT2D eigenvalue weighted by Gasteiger charge is -2.18. The molecule has 0 aliphatic rings. The maximum absolute atomic E-state index is 12.0. The summed E-state index contributed by atoms with van der Waals surface area (Å²) in [5.41, 5.74) is -0.422. The van der Waals surface area contributed by atoms with Gasteiger partial charge in [0.15, 0.2) is 15.6 Å². The maximum Gasteiger partial charge on any atom is 0.270 e. The van der Waals surface area contributed by atoms with Crippen LogP contribution in [-0.2, 0) is 9.84 Å². The van der Waals surface area contributed by atoms with E-state index in [1.54, 1.807) is 0 Å². The van der Waals surface area contributed by atoms with Crippen LogP contribution in [0.1, 0.15) is 17.3 Å². The fourth-order valence-electron chi connectivity index (χ4n) is 1.19. The van der Waals surface area contributed by atoms with E-state index in [-0.39, 0.29) is 11.3 Å². The van der Waals surface area contributed by atoms with Gasteiger partial charge in [-0.1, -0.05) is 23.7 Å². The highest BCUT2D eigenvalue weighted by molar-refractivity contribution is 7.94. The van der Waals surface area contributed by atoms with Crippen LogP contribution in [-0.4, -0.2) is 29.6 Å². The Morgan fingerprint density at radius 1 is 1.44 bits per heavy atom. The van der Waals surface area contributed by atoms with Gasteiger partial charge in [-0.2, -0.15) is 0 Å². The Balaban J connectivity index is 3.28. The molecule has 1 aromatic rings. The zero-order chi connectivity index (χ0) is 14.1. The lowest BCUT2D eigenvalue weighted by atomic mass is 10.1. The van der Waals surface area contributed by atoms with Crippen LogP contribution < -0.4 is 0 Å². The number of alkyl halides is 1. The summed E-state index contributed by atoms with van der Waals surface area (Å²) in [6, 6.07) is 4.76. The predicted octanol–water partition coefficient (Wildman–Crippen LogP) is 1.78. The molecule has 8 heteroatoms. The van der Waals surface area contributed by atoms with Crippen molar-refractivity contribution in [1.82, 2.24) is 0 Å². The molecule has 0 heterocycles. The van der Waals surface area contributed by atoms with Gasteiger partial charge < -0.3 is 0 Å². The van der Waals surface area contributed by atoms with Crippen LogP contribution in [0.3, 0.4) is 0 Å². The molecule has 1 rings (SSSR count). The van der Waals surface area contributed by atoms with Crippen molar-refractivity contribution in [2.45, 2.75) is 11.1 Å². The summed E-state index contributed by atoms with van der Waals surface area (Å²) in [5, 5.41) is 10.6. The predicted molar refractivity (Wildman–Crippen MR) is 66.5 cm³/mol. The van der Waals surface area contributed by atoms with Crippen LogP contribution in [0.25, 0.3) is 0 Å². The number of halogens is 1. The molecule has 6 nitrogen and oxygen atoms in total. The summed E-state index contributed by atoms with van der Waals surface area (Å²) >= 11 is 5.72. The third kappa shape index (κ3) is 2.68. The largest absolute Gasteiger partial charge is 0.291 e. The number of hydrogen-bond donors (Lipinski definition) is 0. The van der Waals surface area contributed by atoms with Gasteiger partial charge in [-0.15, -0.1) is 0 Å². The number of rotatable bonds is 4. The van der Waals surface area contributed by atoms with Crippen LogP contribution in [0.2, 0.25) is 0 Å². The Morgan fingerprint density at radius 2 is 2.00 bits per heavy atom. The van der Waals surface area contributed by atoms with Gasteiger partial charge in [0.1, 0.15) is 0 Å². The highest BCUT2D eigenvalue weighted by Gasteiger charge is 2.42. The van der Waals surface area contributed by atoms with Gasteiger partial charge in [0.05, 0.1) is 4.92 Å². The van der Waals surface area contributed by atoms with Gasteiger partial charge in [-0.05, 0) is 6.92 Å². The first kappa shape index (κ1) is 14.6. The molecule has 0 unspecified atom stereocenters. The van der Waals surface area contributed by atoms with Crippen molar-refractivity contribution >= 4 is 32.9 Å². The van der Waals surface area contributed by atoms with Gasteiger partial charge in [-0.3, -0.25) is 14.9 Å². The zero-order valence-electron chi connectivity index (χ0n) is 9.58. The van der Waals surface area contributed by atoms with E-state index in [9.17, 15) is 23.3 Å². The summed E-state index contributed by atoms with van der Waals surface area (Å²) in [7, 11) is -3.84. The Hall–Kier alpha value is -1.47. The second-order valence-electron chi connectivity index (χ2n) is 3.83. The number of nitrogens with zero attached hydrogens (tertiary/aromatic N) is 1. The Bertz CT molecular complexity index is 608. The fourth-order valence-corrected chi connectivity index (χ4v) is 1.75. The maximum atomic E-state index is 12.0. The molecular formula is C10H10ClNO5S. The van der Waals surface area contributed by atoms with Crippen molar-refractivity contribution in [2.24, 2.45) is 0 Å². The van der Waals surface area contributed by atoms with Crippen molar-refractivity contribution < 1.29 is 18.1 Å². The average molecular weight is 292 g/mol. The monoisotopic (exact) mass is 291 g/mol. The number of non-ortho nitro benzene ring substituents is 1. The van der Waals surface area contributed by atoms with Gasteiger partial charge in [0, 0.05) is 24.0 Å². The first-order valence-electron chi connectivity index (χ1n) is 4.75. The first-order chi connectivity index (χ1) is 8.07. The van der Waals surface area contributed by atoms with E-state index >= 15 is 0 Å². The van der Waals surface area contributed by atoms with Gasteiger partial charge in [0.25, 0.3) is 5.69 Å². The summed E-state index contributed by atoms with van der Waals surface area (Å²) < 4.78 is 20.7. The number of Topliss-reactive ketones (excluding diaryl/α,β-unsaturated/α-hetero) is 1. The van der Waals surface area contributed by atoms with E-state index in [1.807, 2.05) is 0 Å². The van der Waals surface area contributed by atoms with E-state index in [4.69, 9.17) is 11.6 Å². The normalized spacial score (nSPS) is 14.8. The molecule has 98 valence electrons. The van der Waals surface area contributed by atoms with Crippen LogP contribution in [0.5, 0.6) is 0 Å². The molecule has 0 saturated heterocycles. The summed E-state index contributed by atoms with van der Waals surface area (Å²) in [6.45, 7) is 1.05. The number of sulfone groups is 1. The molecule has 0 bridgehead atoms.